The number of pyridine rings is 1. The fraction of sp³-hybridized carbons (Fsp3) is 0.200. The molecule has 1 amide bonds. The van der Waals surface area contributed by atoms with E-state index in [0.717, 1.165) is 5.75 Å². The van der Waals surface area contributed by atoms with Gasteiger partial charge in [-0.05, 0) is 42.7 Å². The Hall–Kier alpha value is -3.13. The van der Waals surface area contributed by atoms with Crippen LogP contribution < -0.4 is 10.7 Å². The lowest BCUT2D eigenvalue weighted by Crippen LogP contribution is -2.31. The van der Waals surface area contributed by atoms with E-state index in [0.29, 0.717) is 28.9 Å². The van der Waals surface area contributed by atoms with E-state index in [9.17, 15) is 9.59 Å². The molecule has 0 aliphatic carbocycles. The maximum absolute atomic E-state index is 12.8. The number of nitrogens with one attached hydrogen (secondary N) is 1. The number of benzene rings is 1. The maximum Gasteiger partial charge on any atom is 0.287 e. The van der Waals surface area contributed by atoms with E-state index in [1.807, 2.05) is 35.1 Å². The fourth-order valence-electron chi connectivity index (χ4n) is 3.04. The van der Waals surface area contributed by atoms with Crippen molar-refractivity contribution in [2.45, 2.75) is 12.5 Å². The second-order valence-corrected chi connectivity index (χ2v) is 7.25. The zero-order valence-corrected chi connectivity index (χ0v) is 16.0. The number of fused-ring (bicyclic) bond motifs is 2. The van der Waals surface area contributed by atoms with Crippen molar-refractivity contribution in [2.75, 3.05) is 12.0 Å². The van der Waals surface area contributed by atoms with Gasteiger partial charge in [0.05, 0.1) is 11.4 Å². The van der Waals surface area contributed by atoms with Gasteiger partial charge in [0, 0.05) is 12.3 Å². The zero-order chi connectivity index (χ0) is 19.5. The fourth-order valence-corrected chi connectivity index (χ4v) is 3.52. The van der Waals surface area contributed by atoms with Crippen LogP contribution in [0.5, 0.6) is 0 Å². The first-order valence-corrected chi connectivity index (χ1v) is 10.2. The van der Waals surface area contributed by atoms with Crippen LogP contribution in [0, 0.1) is 0 Å². The first-order valence-electron chi connectivity index (χ1n) is 8.80. The molecule has 28 heavy (non-hydrogen) atoms. The zero-order valence-electron chi connectivity index (χ0n) is 15.2. The minimum absolute atomic E-state index is 0.0216. The molecule has 0 spiro atoms. The lowest BCUT2D eigenvalue weighted by atomic mass is 10.2. The first kappa shape index (κ1) is 18.2. The molecule has 0 fully saturated rings. The van der Waals surface area contributed by atoms with E-state index in [2.05, 4.69) is 15.5 Å². The van der Waals surface area contributed by atoms with Gasteiger partial charge in [-0.2, -0.15) is 11.8 Å². The van der Waals surface area contributed by atoms with Crippen LogP contribution in [-0.2, 0) is 0 Å². The van der Waals surface area contributed by atoms with Gasteiger partial charge in [-0.25, -0.2) is 0 Å². The SMILES string of the molecule is CSCCC(NC(=O)c1cc(=O)c2ccccc2o1)c1nnc2ccccn12. The predicted molar refractivity (Wildman–Crippen MR) is 109 cm³/mol. The van der Waals surface area contributed by atoms with Crippen LogP contribution in [0.3, 0.4) is 0 Å². The van der Waals surface area contributed by atoms with Crippen LogP contribution in [0.15, 0.2) is 63.9 Å². The van der Waals surface area contributed by atoms with Crippen molar-refractivity contribution in [3.05, 3.63) is 76.5 Å². The molecule has 1 aromatic carbocycles. The molecule has 0 aliphatic heterocycles. The Morgan fingerprint density at radius 2 is 2.04 bits per heavy atom. The summed E-state index contributed by atoms with van der Waals surface area (Å²) in [7, 11) is 0. The largest absolute Gasteiger partial charge is 0.451 e. The van der Waals surface area contributed by atoms with Crippen LogP contribution in [0.2, 0.25) is 0 Å². The molecule has 3 aromatic heterocycles. The molecule has 0 radical (unpaired) electrons. The quantitative estimate of drug-likeness (QED) is 0.541. The number of thioether (sulfide) groups is 1. The summed E-state index contributed by atoms with van der Waals surface area (Å²) in [6, 6.07) is 13.3. The molecular weight excluding hydrogens is 376 g/mol. The maximum atomic E-state index is 12.8. The van der Waals surface area contributed by atoms with Crippen LogP contribution in [-0.4, -0.2) is 32.5 Å². The average Bonchev–Trinajstić information content (AvgIpc) is 3.15. The summed E-state index contributed by atoms with van der Waals surface area (Å²) in [4.78, 5) is 25.1. The van der Waals surface area contributed by atoms with Gasteiger partial charge >= 0.3 is 0 Å². The van der Waals surface area contributed by atoms with E-state index in [-0.39, 0.29) is 17.2 Å². The number of para-hydroxylation sites is 1. The molecule has 1 unspecified atom stereocenters. The Morgan fingerprint density at radius 1 is 1.21 bits per heavy atom. The predicted octanol–water partition coefficient (Wildman–Crippen LogP) is 3.06. The van der Waals surface area contributed by atoms with Gasteiger partial charge in [-0.15, -0.1) is 10.2 Å². The second kappa shape index (κ2) is 7.85. The van der Waals surface area contributed by atoms with E-state index in [1.165, 1.54) is 6.07 Å². The number of amides is 1. The number of carbonyl (C=O) groups excluding carboxylic acids is 1. The number of aromatic nitrogens is 3. The first-order chi connectivity index (χ1) is 13.7. The van der Waals surface area contributed by atoms with Crippen LogP contribution in [0.1, 0.15) is 28.8 Å². The molecular formula is C20H18N4O3S. The van der Waals surface area contributed by atoms with Crippen molar-refractivity contribution >= 4 is 34.3 Å². The topological polar surface area (TPSA) is 89.5 Å². The standard InChI is InChI=1S/C20H18N4O3S/c1-28-11-9-14(19-23-22-18-8-4-5-10-24(18)19)21-20(26)17-12-15(25)13-6-2-3-7-16(13)27-17/h2-8,10,12,14H,9,11H2,1H3,(H,21,26). The minimum atomic E-state index is -0.457. The Bertz CT molecular complexity index is 1200. The smallest absolute Gasteiger partial charge is 0.287 e. The Balaban J connectivity index is 1.67. The summed E-state index contributed by atoms with van der Waals surface area (Å²) in [5, 5.41) is 11.8. The molecule has 0 saturated heterocycles. The Kier molecular flexibility index (Phi) is 5.12. The minimum Gasteiger partial charge on any atom is -0.451 e. The third-order valence-electron chi connectivity index (χ3n) is 4.43. The van der Waals surface area contributed by atoms with Crippen molar-refractivity contribution in [3.8, 4) is 0 Å². The van der Waals surface area contributed by atoms with E-state index in [1.54, 1.807) is 36.0 Å². The molecule has 1 atom stereocenters. The summed E-state index contributed by atoms with van der Waals surface area (Å²) in [5.41, 5.74) is 0.840. The lowest BCUT2D eigenvalue weighted by Gasteiger charge is -2.16. The Labute approximate surface area is 164 Å². The van der Waals surface area contributed by atoms with E-state index >= 15 is 0 Å². The summed E-state index contributed by atoms with van der Waals surface area (Å²) in [6.07, 6.45) is 4.53. The molecule has 4 aromatic rings. The molecule has 0 bridgehead atoms. The molecule has 1 N–H and O–H groups in total. The van der Waals surface area contributed by atoms with Gasteiger partial charge < -0.3 is 9.73 Å². The second-order valence-electron chi connectivity index (χ2n) is 6.27. The van der Waals surface area contributed by atoms with Gasteiger partial charge in [0.2, 0.25) is 0 Å². The number of hydrogen-bond donors (Lipinski definition) is 1. The lowest BCUT2D eigenvalue weighted by molar-refractivity contribution is 0.0906. The van der Waals surface area contributed by atoms with Gasteiger partial charge in [-0.3, -0.25) is 14.0 Å². The number of nitrogens with zero attached hydrogens (tertiary/aromatic N) is 3. The average molecular weight is 394 g/mol. The third kappa shape index (κ3) is 3.50. The van der Waals surface area contributed by atoms with Gasteiger partial charge in [0.25, 0.3) is 5.91 Å². The third-order valence-corrected chi connectivity index (χ3v) is 5.07. The highest BCUT2D eigenvalue weighted by atomic mass is 32.2. The highest BCUT2D eigenvalue weighted by molar-refractivity contribution is 7.98. The number of carbonyl (C=O) groups is 1. The molecule has 0 saturated carbocycles. The Morgan fingerprint density at radius 3 is 2.89 bits per heavy atom. The van der Waals surface area contributed by atoms with Gasteiger partial charge in [0.15, 0.2) is 22.7 Å². The van der Waals surface area contributed by atoms with Gasteiger partial charge in [0.1, 0.15) is 5.58 Å². The number of hydrogen-bond acceptors (Lipinski definition) is 6. The molecule has 4 rings (SSSR count). The van der Waals surface area contributed by atoms with Crippen LogP contribution in [0.25, 0.3) is 16.6 Å². The highest BCUT2D eigenvalue weighted by Crippen LogP contribution is 2.19. The molecule has 7 nitrogen and oxygen atoms in total. The van der Waals surface area contributed by atoms with Crippen molar-refractivity contribution in [1.82, 2.24) is 19.9 Å². The highest BCUT2D eigenvalue weighted by Gasteiger charge is 2.22. The van der Waals surface area contributed by atoms with Crippen LogP contribution >= 0.6 is 11.8 Å². The molecule has 8 heteroatoms. The summed E-state index contributed by atoms with van der Waals surface area (Å²) in [6.45, 7) is 0. The summed E-state index contributed by atoms with van der Waals surface area (Å²) in [5.74, 6) is 0.989. The van der Waals surface area contributed by atoms with Crippen LogP contribution in [0.4, 0.5) is 0 Å². The number of rotatable bonds is 6. The van der Waals surface area contributed by atoms with Crippen molar-refractivity contribution in [3.63, 3.8) is 0 Å². The van der Waals surface area contributed by atoms with E-state index in [4.69, 9.17) is 4.42 Å². The van der Waals surface area contributed by atoms with Crippen molar-refractivity contribution < 1.29 is 9.21 Å². The van der Waals surface area contributed by atoms with Gasteiger partial charge in [-0.1, -0.05) is 18.2 Å². The van der Waals surface area contributed by atoms with E-state index < -0.39 is 5.91 Å². The molecule has 142 valence electrons. The molecule has 0 aliphatic rings. The normalized spacial score (nSPS) is 12.3. The van der Waals surface area contributed by atoms with Crippen molar-refractivity contribution in [1.29, 1.82) is 0 Å². The molecule has 3 heterocycles. The monoisotopic (exact) mass is 394 g/mol. The van der Waals surface area contributed by atoms with Crippen molar-refractivity contribution in [2.24, 2.45) is 0 Å². The summed E-state index contributed by atoms with van der Waals surface area (Å²) >= 11 is 1.68. The summed E-state index contributed by atoms with van der Waals surface area (Å²) < 4.78 is 7.50.